The average molecular weight is 259 g/mol. The molecule has 102 valence electrons. The summed E-state index contributed by atoms with van der Waals surface area (Å²) in [6, 6.07) is 4.01. The van der Waals surface area contributed by atoms with Crippen molar-refractivity contribution in [1.82, 2.24) is 0 Å². The lowest BCUT2D eigenvalue weighted by Crippen LogP contribution is -2.27. The smallest absolute Gasteiger partial charge is 0.234 e. The van der Waals surface area contributed by atoms with Crippen molar-refractivity contribution in [1.29, 1.82) is 0 Å². The van der Waals surface area contributed by atoms with Crippen molar-refractivity contribution in [3.8, 4) is 5.75 Å². The van der Waals surface area contributed by atoms with Gasteiger partial charge in [-0.2, -0.15) is 0 Å². The Morgan fingerprint density at radius 2 is 2.16 bits per heavy atom. The van der Waals surface area contributed by atoms with Gasteiger partial charge in [-0.05, 0) is 31.9 Å². The van der Waals surface area contributed by atoms with Gasteiger partial charge in [-0.1, -0.05) is 32.1 Å². The highest BCUT2D eigenvalue weighted by Crippen LogP contribution is 2.45. The van der Waals surface area contributed by atoms with Crippen LogP contribution in [0.5, 0.6) is 5.75 Å². The number of hydrogen-bond donors (Lipinski definition) is 1. The van der Waals surface area contributed by atoms with Gasteiger partial charge in [-0.25, -0.2) is 0 Å². The molecule has 1 N–H and O–H groups in total. The van der Waals surface area contributed by atoms with E-state index in [2.05, 4.69) is 18.8 Å². The van der Waals surface area contributed by atoms with Crippen LogP contribution in [-0.2, 0) is 16.6 Å². The summed E-state index contributed by atoms with van der Waals surface area (Å²) in [4.78, 5) is 12.1. The van der Waals surface area contributed by atoms with Crippen LogP contribution in [0.15, 0.2) is 24.8 Å². The molecule has 0 unspecified atom stereocenters. The first-order chi connectivity index (χ1) is 9.02. The summed E-state index contributed by atoms with van der Waals surface area (Å²) < 4.78 is 5.70. The number of aryl methyl sites for hydroxylation is 1. The van der Waals surface area contributed by atoms with Crippen molar-refractivity contribution >= 4 is 11.6 Å². The lowest BCUT2D eigenvalue weighted by atomic mass is 9.84. The van der Waals surface area contributed by atoms with E-state index in [1.165, 1.54) is 5.56 Å². The third-order valence-electron chi connectivity index (χ3n) is 3.56. The Kier molecular flexibility index (Phi) is 3.65. The van der Waals surface area contributed by atoms with Crippen molar-refractivity contribution in [3.05, 3.63) is 35.9 Å². The molecule has 0 aromatic heterocycles. The highest BCUT2D eigenvalue weighted by atomic mass is 16.5. The maximum absolute atomic E-state index is 12.1. The molecule has 0 bridgehead atoms. The molecule has 0 saturated carbocycles. The van der Waals surface area contributed by atoms with Crippen molar-refractivity contribution < 1.29 is 9.53 Å². The predicted molar refractivity (Wildman–Crippen MR) is 77.8 cm³/mol. The molecule has 0 aliphatic carbocycles. The summed E-state index contributed by atoms with van der Waals surface area (Å²) in [7, 11) is 0. The maximum atomic E-state index is 12.1. The van der Waals surface area contributed by atoms with E-state index >= 15 is 0 Å². The minimum atomic E-state index is -0.546. The van der Waals surface area contributed by atoms with E-state index in [-0.39, 0.29) is 5.91 Å². The molecule has 0 saturated heterocycles. The average Bonchev–Trinajstić information content (AvgIpc) is 2.61. The number of benzene rings is 1. The second-order valence-corrected chi connectivity index (χ2v) is 5.40. The molecular weight excluding hydrogens is 238 g/mol. The molecule has 0 fully saturated rings. The molecule has 1 aliphatic heterocycles. The highest BCUT2D eigenvalue weighted by molar-refractivity contribution is 6.07. The third-order valence-corrected chi connectivity index (χ3v) is 3.56. The number of anilines is 1. The quantitative estimate of drug-likeness (QED) is 0.823. The Labute approximate surface area is 114 Å². The molecule has 3 nitrogen and oxygen atoms in total. The zero-order chi connectivity index (χ0) is 14.0. The van der Waals surface area contributed by atoms with Crippen LogP contribution in [0.25, 0.3) is 0 Å². The molecule has 0 radical (unpaired) electrons. The zero-order valence-corrected chi connectivity index (χ0v) is 11.9. The topological polar surface area (TPSA) is 38.3 Å². The first kappa shape index (κ1) is 13.7. The van der Waals surface area contributed by atoms with Gasteiger partial charge in [0, 0.05) is 5.56 Å². The van der Waals surface area contributed by atoms with E-state index in [4.69, 9.17) is 4.74 Å². The van der Waals surface area contributed by atoms with Crippen LogP contribution in [0.2, 0.25) is 0 Å². The number of fused-ring (bicyclic) bond motifs is 1. The number of rotatable bonds is 5. The van der Waals surface area contributed by atoms with Gasteiger partial charge in [0.05, 0.1) is 11.1 Å². The lowest BCUT2D eigenvalue weighted by Gasteiger charge is -2.19. The van der Waals surface area contributed by atoms with Gasteiger partial charge in [0.15, 0.2) is 0 Å². The molecule has 1 amide bonds. The minimum Gasteiger partial charge on any atom is -0.489 e. The Bertz CT molecular complexity index is 518. The molecule has 1 aromatic rings. The fourth-order valence-corrected chi connectivity index (χ4v) is 2.52. The first-order valence-corrected chi connectivity index (χ1v) is 6.73. The largest absolute Gasteiger partial charge is 0.489 e. The van der Waals surface area contributed by atoms with Crippen LogP contribution in [0.3, 0.4) is 0 Å². The van der Waals surface area contributed by atoms with Crippen molar-refractivity contribution in [2.45, 2.75) is 39.0 Å². The van der Waals surface area contributed by atoms with Gasteiger partial charge in [0.2, 0.25) is 5.91 Å². The molecule has 1 heterocycles. The normalized spacial score (nSPS) is 15.8. The number of carbonyl (C=O) groups is 1. The van der Waals surface area contributed by atoms with Gasteiger partial charge < -0.3 is 10.1 Å². The fraction of sp³-hybridized carbons (Fsp3) is 0.438. The van der Waals surface area contributed by atoms with E-state index in [1.54, 1.807) is 6.08 Å². The monoisotopic (exact) mass is 259 g/mol. The molecule has 0 spiro atoms. The standard InChI is InChI=1S/C16H21NO2/c1-5-7-11-8-9-12(19-10-6-2)13-14(11)17-15(18)16(13,3)4/h6,8-9H,2,5,7,10H2,1,3-4H3,(H,17,18). The summed E-state index contributed by atoms with van der Waals surface area (Å²) in [5.74, 6) is 0.813. The van der Waals surface area contributed by atoms with Crippen molar-refractivity contribution in [3.63, 3.8) is 0 Å². The first-order valence-electron chi connectivity index (χ1n) is 6.73. The molecule has 1 aliphatic rings. The van der Waals surface area contributed by atoms with E-state index < -0.39 is 5.41 Å². The summed E-state index contributed by atoms with van der Waals surface area (Å²) in [6.45, 7) is 10.1. The van der Waals surface area contributed by atoms with Crippen LogP contribution in [0.1, 0.15) is 38.3 Å². The number of amides is 1. The summed E-state index contributed by atoms with van der Waals surface area (Å²) in [5.41, 5.74) is 2.56. The fourth-order valence-electron chi connectivity index (χ4n) is 2.52. The van der Waals surface area contributed by atoms with Crippen molar-refractivity contribution in [2.24, 2.45) is 0 Å². The number of carbonyl (C=O) groups excluding carboxylic acids is 1. The number of nitrogens with one attached hydrogen (secondary N) is 1. The van der Waals surface area contributed by atoms with Crippen LogP contribution >= 0.6 is 0 Å². The molecule has 3 heteroatoms. The summed E-state index contributed by atoms with van der Waals surface area (Å²) in [6.07, 6.45) is 3.72. The Morgan fingerprint density at radius 3 is 2.79 bits per heavy atom. The van der Waals surface area contributed by atoms with E-state index in [9.17, 15) is 4.79 Å². The van der Waals surface area contributed by atoms with Crippen LogP contribution in [0, 0.1) is 0 Å². The second kappa shape index (κ2) is 5.08. The minimum absolute atomic E-state index is 0.0366. The molecule has 19 heavy (non-hydrogen) atoms. The SMILES string of the molecule is C=CCOc1ccc(CCC)c2c1C(C)(C)C(=O)N2. The van der Waals surface area contributed by atoms with Gasteiger partial charge in [-0.3, -0.25) is 4.79 Å². The van der Waals surface area contributed by atoms with E-state index in [0.717, 1.165) is 29.8 Å². The van der Waals surface area contributed by atoms with E-state index in [1.807, 2.05) is 26.0 Å². The van der Waals surface area contributed by atoms with Gasteiger partial charge >= 0.3 is 0 Å². The molecular formula is C16H21NO2. The van der Waals surface area contributed by atoms with Gasteiger partial charge in [0.25, 0.3) is 0 Å². The van der Waals surface area contributed by atoms with Crippen LogP contribution < -0.4 is 10.1 Å². The Balaban J connectivity index is 2.53. The Hall–Kier alpha value is -1.77. The second-order valence-electron chi connectivity index (χ2n) is 5.40. The lowest BCUT2D eigenvalue weighted by molar-refractivity contribution is -0.119. The Morgan fingerprint density at radius 1 is 1.42 bits per heavy atom. The van der Waals surface area contributed by atoms with Crippen LogP contribution in [0.4, 0.5) is 5.69 Å². The van der Waals surface area contributed by atoms with Crippen LogP contribution in [-0.4, -0.2) is 12.5 Å². The van der Waals surface area contributed by atoms with Crippen molar-refractivity contribution in [2.75, 3.05) is 11.9 Å². The number of hydrogen-bond acceptors (Lipinski definition) is 2. The summed E-state index contributed by atoms with van der Waals surface area (Å²) >= 11 is 0. The third kappa shape index (κ3) is 2.25. The van der Waals surface area contributed by atoms with Gasteiger partial charge in [-0.15, -0.1) is 0 Å². The summed E-state index contributed by atoms with van der Waals surface area (Å²) in [5, 5.41) is 3.01. The highest BCUT2D eigenvalue weighted by Gasteiger charge is 2.42. The molecule has 0 atom stereocenters. The van der Waals surface area contributed by atoms with E-state index in [0.29, 0.717) is 6.61 Å². The van der Waals surface area contributed by atoms with Gasteiger partial charge in [0.1, 0.15) is 12.4 Å². The maximum Gasteiger partial charge on any atom is 0.234 e. The number of ether oxygens (including phenoxy) is 1. The predicted octanol–water partition coefficient (Wildman–Crippen LogP) is 3.43. The molecule has 1 aromatic carbocycles. The zero-order valence-electron chi connectivity index (χ0n) is 11.9. The molecule has 2 rings (SSSR count).